The number of amidine groups is 1. The number of imidazole rings is 1. The lowest BCUT2D eigenvalue weighted by atomic mass is 10.1. The molecule has 0 aliphatic carbocycles. The number of rotatable bonds is 5. The van der Waals surface area contributed by atoms with Gasteiger partial charge < -0.3 is 10.7 Å². The van der Waals surface area contributed by atoms with Crippen molar-refractivity contribution in [3.63, 3.8) is 0 Å². The van der Waals surface area contributed by atoms with E-state index in [0.717, 1.165) is 30.2 Å². The van der Waals surface area contributed by atoms with Crippen LogP contribution < -0.4 is 5.73 Å². The number of aliphatic imine (C=N–C) groups is 1. The third kappa shape index (κ3) is 2.94. The Labute approximate surface area is 124 Å². The maximum atomic E-state index is 5.64. The molecule has 3 rings (SSSR count). The maximum Gasteiger partial charge on any atom is 0.215 e. The van der Waals surface area contributed by atoms with Crippen molar-refractivity contribution in [2.45, 2.75) is 19.5 Å². The van der Waals surface area contributed by atoms with Crippen LogP contribution in [0.1, 0.15) is 17.0 Å². The third-order valence-electron chi connectivity index (χ3n) is 3.86. The molecule has 0 radical (unpaired) electrons. The maximum absolute atomic E-state index is 5.64. The summed E-state index contributed by atoms with van der Waals surface area (Å²) in [7, 11) is 2.17. The second-order valence-corrected chi connectivity index (χ2v) is 5.50. The topological polar surface area (TPSA) is 67.1 Å². The standard InChI is InChI=1S/C16H20N5/c1-21(12-14-4-2-13(11-17)3-5-14)9-8-20-16(21)10-15-18-6-7-19-15/h2-9H,10-12,17H2,1H3,(H,18,19)/q+1. The molecule has 5 heteroatoms. The number of quaternary nitrogens is 1. The van der Waals surface area contributed by atoms with Gasteiger partial charge in [0.2, 0.25) is 5.84 Å². The summed E-state index contributed by atoms with van der Waals surface area (Å²) in [6.07, 6.45) is 8.35. The lowest BCUT2D eigenvalue weighted by Crippen LogP contribution is -2.42. The number of benzene rings is 1. The predicted molar refractivity (Wildman–Crippen MR) is 83.1 cm³/mol. The van der Waals surface area contributed by atoms with Gasteiger partial charge in [0, 0.05) is 24.5 Å². The summed E-state index contributed by atoms with van der Waals surface area (Å²) >= 11 is 0. The van der Waals surface area contributed by atoms with Crippen molar-refractivity contribution in [1.29, 1.82) is 0 Å². The molecule has 0 amide bonds. The molecule has 1 aliphatic heterocycles. The van der Waals surface area contributed by atoms with E-state index >= 15 is 0 Å². The van der Waals surface area contributed by atoms with Gasteiger partial charge in [-0.05, 0) is 5.56 Å². The summed E-state index contributed by atoms with van der Waals surface area (Å²) in [5.74, 6) is 2.04. The van der Waals surface area contributed by atoms with E-state index in [4.69, 9.17) is 5.73 Å². The van der Waals surface area contributed by atoms with Crippen molar-refractivity contribution in [3.8, 4) is 0 Å². The van der Waals surface area contributed by atoms with E-state index in [9.17, 15) is 0 Å². The molecule has 0 bridgehead atoms. The molecule has 1 unspecified atom stereocenters. The molecule has 2 aromatic rings. The average molecular weight is 282 g/mol. The van der Waals surface area contributed by atoms with Crippen LogP contribution in [0, 0.1) is 0 Å². The normalized spacial score (nSPS) is 20.8. The zero-order valence-electron chi connectivity index (χ0n) is 12.2. The number of hydrogen-bond donors (Lipinski definition) is 2. The number of hydrogen-bond acceptors (Lipinski definition) is 3. The number of nitrogens with one attached hydrogen (secondary N) is 1. The predicted octanol–water partition coefficient (Wildman–Crippen LogP) is 1.94. The highest BCUT2D eigenvalue weighted by molar-refractivity contribution is 5.79. The first-order valence-electron chi connectivity index (χ1n) is 7.06. The molecule has 2 heterocycles. The van der Waals surface area contributed by atoms with Crippen LogP contribution in [0.4, 0.5) is 0 Å². The second kappa shape index (κ2) is 5.63. The lowest BCUT2D eigenvalue weighted by Gasteiger charge is -2.27. The van der Waals surface area contributed by atoms with Crippen molar-refractivity contribution in [2.24, 2.45) is 10.7 Å². The fourth-order valence-electron chi connectivity index (χ4n) is 2.56. The smallest absolute Gasteiger partial charge is 0.215 e. The van der Waals surface area contributed by atoms with Gasteiger partial charge in [-0.25, -0.2) is 14.5 Å². The molecule has 3 N–H and O–H groups in total. The highest BCUT2D eigenvalue weighted by Crippen LogP contribution is 2.21. The van der Waals surface area contributed by atoms with Crippen LogP contribution in [-0.2, 0) is 19.5 Å². The van der Waals surface area contributed by atoms with Gasteiger partial charge in [-0.2, -0.15) is 0 Å². The first-order valence-corrected chi connectivity index (χ1v) is 7.06. The quantitative estimate of drug-likeness (QED) is 0.823. The Morgan fingerprint density at radius 2 is 1.95 bits per heavy atom. The Kier molecular flexibility index (Phi) is 3.68. The van der Waals surface area contributed by atoms with Gasteiger partial charge in [0.25, 0.3) is 0 Å². The van der Waals surface area contributed by atoms with E-state index < -0.39 is 0 Å². The molecule has 1 atom stereocenters. The first kappa shape index (κ1) is 13.7. The number of H-pyrrole nitrogens is 1. The van der Waals surface area contributed by atoms with E-state index in [1.54, 1.807) is 6.20 Å². The minimum Gasteiger partial charge on any atom is -0.348 e. The van der Waals surface area contributed by atoms with E-state index in [0.29, 0.717) is 11.0 Å². The molecule has 0 saturated heterocycles. The molecule has 0 fully saturated rings. The SMILES string of the molecule is C[N+]1(Cc2ccc(CN)cc2)C=CN=C1Cc1ncc[nH]1. The van der Waals surface area contributed by atoms with Crippen LogP contribution in [0.5, 0.6) is 0 Å². The average Bonchev–Trinajstić information content (AvgIpc) is 3.11. The Bertz CT molecular complexity index is 654. The van der Waals surface area contributed by atoms with Gasteiger partial charge in [0.15, 0.2) is 0 Å². The van der Waals surface area contributed by atoms with Crippen LogP contribution in [0.25, 0.3) is 0 Å². The van der Waals surface area contributed by atoms with Crippen LogP contribution in [0.2, 0.25) is 0 Å². The highest BCUT2D eigenvalue weighted by Gasteiger charge is 2.31. The summed E-state index contributed by atoms with van der Waals surface area (Å²) in [4.78, 5) is 11.9. The molecule has 0 saturated carbocycles. The molecule has 5 nitrogen and oxygen atoms in total. The van der Waals surface area contributed by atoms with Crippen molar-refractivity contribution in [1.82, 2.24) is 9.97 Å². The minimum absolute atomic E-state index is 0.581. The van der Waals surface area contributed by atoms with E-state index in [1.165, 1.54) is 5.56 Å². The number of likely N-dealkylation sites (N-methyl/N-ethyl adjacent to an activating group) is 1. The van der Waals surface area contributed by atoms with Crippen molar-refractivity contribution in [2.75, 3.05) is 7.05 Å². The third-order valence-corrected chi connectivity index (χ3v) is 3.86. The Morgan fingerprint density at radius 1 is 1.19 bits per heavy atom. The zero-order chi connectivity index (χ0) is 14.7. The number of nitrogens with two attached hydrogens (primary N) is 1. The van der Waals surface area contributed by atoms with Crippen LogP contribution in [-0.4, -0.2) is 27.3 Å². The second-order valence-electron chi connectivity index (χ2n) is 5.50. The lowest BCUT2D eigenvalue weighted by molar-refractivity contribution is -0.779. The van der Waals surface area contributed by atoms with Gasteiger partial charge in [-0.15, -0.1) is 0 Å². The zero-order valence-corrected chi connectivity index (χ0v) is 12.2. The summed E-state index contributed by atoms with van der Waals surface area (Å²) < 4.78 is 0.683. The monoisotopic (exact) mass is 282 g/mol. The highest BCUT2D eigenvalue weighted by atomic mass is 15.4. The van der Waals surface area contributed by atoms with E-state index in [1.807, 2.05) is 12.4 Å². The largest absolute Gasteiger partial charge is 0.348 e. The number of aromatic nitrogens is 2. The van der Waals surface area contributed by atoms with E-state index in [2.05, 4.69) is 52.5 Å². The molecule has 21 heavy (non-hydrogen) atoms. The van der Waals surface area contributed by atoms with Crippen LogP contribution in [0.15, 0.2) is 54.1 Å². The van der Waals surface area contributed by atoms with Gasteiger partial charge >= 0.3 is 0 Å². The number of nitrogens with zero attached hydrogens (tertiary/aromatic N) is 3. The molecule has 0 spiro atoms. The molecule has 108 valence electrons. The van der Waals surface area contributed by atoms with Gasteiger partial charge in [-0.3, -0.25) is 0 Å². The van der Waals surface area contributed by atoms with Gasteiger partial charge in [0.1, 0.15) is 25.0 Å². The Morgan fingerprint density at radius 3 is 2.62 bits per heavy atom. The van der Waals surface area contributed by atoms with Crippen molar-refractivity contribution >= 4 is 5.84 Å². The first-order chi connectivity index (χ1) is 10.2. The summed E-state index contributed by atoms with van der Waals surface area (Å²) in [5, 5.41) is 0. The van der Waals surface area contributed by atoms with Crippen LogP contribution >= 0.6 is 0 Å². The Balaban J connectivity index is 1.75. The molecular formula is C16H20N5+. The summed E-state index contributed by atoms with van der Waals surface area (Å²) in [6.45, 7) is 1.46. The van der Waals surface area contributed by atoms with Crippen molar-refractivity contribution in [3.05, 3.63) is 66.0 Å². The molecule has 1 aromatic carbocycles. The van der Waals surface area contributed by atoms with E-state index in [-0.39, 0.29) is 0 Å². The van der Waals surface area contributed by atoms with Gasteiger partial charge in [0.05, 0.1) is 13.2 Å². The summed E-state index contributed by atoms with van der Waals surface area (Å²) in [5.41, 5.74) is 8.07. The summed E-state index contributed by atoms with van der Waals surface area (Å²) in [6, 6.07) is 8.46. The molecule has 1 aliphatic rings. The molecule has 1 aromatic heterocycles. The fourth-order valence-corrected chi connectivity index (χ4v) is 2.56. The van der Waals surface area contributed by atoms with Gasteiger partial charge in [-0.1, -0.05) is 24.3 Å². The molecular weight excluding hydrogens is 262 g/mol. The van der Waals surface area contributed by atoms with Crippen molar-refractivity contribution < 1.29 is 4.48 Å². The Hall–Kier alpha value is -2.24. The fraction of sp³-hybridized carbons (Fsp3) is 0.250. The van der Waals surface area contributed by atoms with Crippen LogP contribution in [0.3, 0.4) is 0 Å². The minimum atomic E-state index is 0.581. The number of aromatic amines is 1.